The van der Waals surface area contributed by atoms with Gasteiger partial charge in [-0.3, -0.25) is 18.7 Å². The molecule has 0 spiro atoms. The smallest absolute Gasteiger partial charge is 0.356 e. The van der Waals surface area contributed by atoms with Crippen molar-refractivity contribution in [1.29, 1.82) is 0 Å². The number of nitrogens with one attached hydrogen (secondary N) is 2. The van der Waals surface area contributed by atoms with E-state index in [4.69, 9.17) is 19.3 Å². The van der Waals surface area contributed by atoms with Crippen molar-refractivity contribution in [3.8, 4) is 0 Å². The first-order chi connectivity index (χ1) is 33.8. The van der Waals surface area contributed by atoms with Crippen molar-refractivity contribution in [2.45, 2.75) is 74.3 Å². The number of anilines is 1. The van der Waals surface area contributed by atoms with Gasteiger partial charge >= 0.3 is 11.9 Å². The number of nitrogens with zero attached hydrogens (tertiary/aromatic N) is 3. The number of ether oxygens (including phenoxy) is 2. The van der Waals surface area contributed by atoms with Gasteiger partial charge in [0.05, 0.1) is 16.6 Å². The lowest BCUT2D eigenvalue weighted by Crippen LogP contribution is -2.74. The molecule has 2 aliphatic heterocycles. The van der Waals surface area contributed by atoms with Crippen molar-refractivity contribution in [2.75, 3.05) is 16.4 Å². The van der Waals surface area contributed by atoms with E-state index < -0.39 is 68.8 Å². The first kappa shape index (κ1) is 48.3. The zero-order chi connectivity index (χ0) is 49.0. The Kier molecular flexibility index (Phi) is 14.0. The Hall–Kier alpha value is -6.75. The highest BCUT2D eigenvalue weighted by Gasteiger charge is 2.58. The molecule has 3 atom stereocenters. The maximum atomic E-state index is 14.8. The van der Waals surface area contributed by atoms with E-state index in [1.165, 1.54) is 11.3 Å². The second kappa shape index (κ2) is 20.3. The molecule has 16 heteroatoms. The van der Waals surface area contributed by atoms with Gasteiger partial charge in [-0.15, -0.1) is 11.3 Å². The minimum atomic E-state index is -1.75. The number of β-lactam (4-membered cyclic amide) rings is 1. The second-order valence-electron chi connectivity index (χ2n) is 18.2. The van der Waals surface area contributed by atoms with Crippen LogP contribution < -0.4 is 10.6 Å². The molecule has 0 radical (unpaired) electrons. The third kappa shape index (κ3) is 9.59. The first-order valence-corrected chi connectivity index (χ1v) is 26.2. The molecular weight excluding hydrogens is 991 g/mol. The highest BCUT2D eigenvalue weighted by Crippen LogP contribution is 2.42. The van der Waals surface area contributed by atoms with E-state index in [-0.39, 0.29) is 28.2 Å². The zero-order valence-electron chi connectivity index (χ0n) is 38.6. The van der Waals surface area contributed by atoms with Crippen LogP contribution in [0.25, 0.3) is 0 Å². The van der Waals surface area contributed by atoms with Crippen molar-refractivity contribution >= 4 is 72.7 Å². The molecule has 0 bridgehead atoms. The van der Waals surface area contributed by atoms with Crippen molar-refractivity contribution in [3.05, 3.63) is 202 Å². The lowest BCUT2D eigenvalue weighted by Gasteiger charge is -2.49. The van der Waals surface area contributed by atoms with Gasteiger partial charge < -0.3 is 24.9 Å². The Morgan fingerprint density at radius 3 is 1.81 bits per heavy atom. The zero-order valence-corrected chi connectivity index (χ0v) is 41.8. The molecule has 2 fully saturated rings. The van der Waals surface area contributed by atoms with E-state index in [0.717, 1.165) is 32.7 Å². The van der Waals surface area contributed by atoms with Crippen LogP contribution >= 0.6 is 27.3 Å². The number of carbonyl (C=O) groups is 4. The van der Waals surface area contributed by atoms with E-state index >= 15 is 0 Å². The molecule has 3 aliphatic rings. The van der Waals surface area contributed by atoms with E-state index in [9.17, 15) is 23.4 Å². The summed E-state index contributed by atoms with van der Waals surface area (Å²) in [4.78, 5) is 69.3. The van der Waals surface area contributed by atoms with Crippen molar-refractivity contribution in [2.24, 2.45) is 5.16 Å². The second-order valence-corrected chi connectivity index (χ2v) is 21.1. The standard InChI is InChI=1S/C54H50BrN5O8S2/c1-52(2,3)67-50(64)53(30-19-31-53)68-59-42(41-33-69-51(56-41)58-54(38-24-13-6-14-25-38,39-26-15-7-16-27-39)40-28-17-8-18-29-40)46(61)57-43-47(62)60-44(37(32-55)34-70(65)48(43)60)49(63)66-45(35-20-9-4-10-21-35)36-22-11-5-12-23-36/h4-18,20-29,33,43,45,48H,19,30-32,34H2,1-3H3,(H,56,58)(H,57,61)/t43-,48-,70+/m1/s1. The van der Waals surface area contributed by atoms with Gasteiger partial charge in [-0.1, -0.05) is 173 Å². The summed E-state index contributed by atoms with van der Waals surface area (Å²) in [5.74, 6) is -3.01. The molecule has 13 nitrogen and oxygen atoms in total. The minimum Gasteiger partial charge on any atom is -0.457 e. The van der Waals surface area contributed by atoms with Gasteiger partial charge in [0.2, 0.25) is 5.60 Å². The molecule has 5 aromatic carbocycles. The number of hydrogen-bond donors (Lipinski definition) is 2. The summed E-state index contributed by atoms with van der Waals surface area (Å²) in [6.07, 6.45) is 0.441. The number of benzene rings is 5. The van der Waals surface area contributed by atoms with Gasteiger partial charge in [-0.05, 0) is 60.6 Å². The topological polar surface area (TPSA) is 166 Å². The molecular formula is C54H50BrN5O8S2. The number of halogens is 1. The number of esters is 2. The lowest BCUT2D eigenvalue weighted by molar-refractivity contribution is -0.196. The van der Waals surface area contributed by atoms with Gasteiger partial charge in [0, 0.05) is 23.6 Å². The fourth-order valence-electron chi connectivity index (χ4n) is 8.82. The lowest BCUT2D eigenvalue weighted by atomic mass is 9.77. The molecule has 1 aromatic heterocycles. The fourth-order valence-corrected chi connectivity index (χ4v) is 12.0. The number of amides is 2. The summed E-state index contributed by atoms with van der Waals surface area (Å²) < 4.78 is 26.0. The number of thiazole rings is 1. The number of hydrogen-bond acceptors (Lipinski definition) is 12. The highest BCUT2D eigenvalue weighted by atomic mass is 79.9. The van der Waals surface area contributed by atoms with E-state index in [0.29, 0.717) is 30.0 Å². The molecule has 3 heterocycles. The molecule has 0 unspecified atom stereocenters. The third-order valence-corrected chi connectivity index (χ3v) is 15.5. The predicted octanol–water partition coefficient (Wildman–Crippen LogP) is 8.93. The number of fused-ring (bicyclic) bond motifs is 1. The maximum absolute atomic E-state index is 14.8. The molecule has 2 N–H and O–H groups in total. The van der Waals surface area contributed by atoms with Crippen LogP contribution in [0.5, 0.6) is 0 Å². The Morgan fingerprint density at radius 2 is 1.34 bits per heavy atom. The first-order valence-electron chi connectivity index (χ1n) is 22.8. The summed E-state index contributed by atoms with van der Waals surface area (Å²) in [7, 11) is -1.75. The predicted molar refractivity (Wildman–Crippen MR) is 272 cm³/mol. The minimum absolute atomic E-state index is 0.0377. The van der Waals surface area contributed by atoms with Crippen molar-refractivity contribution in [3.63, 3.8) is 0 Å². The van der Waals surface area contributed by atoms with E-state index in [2.05, 4.69) is 31.7 Å². The Balaban J connectivity index is 1.04. The number of aromatic nitrogens is 1. The number of carbonyl (C=O) groups excluding carboxylic acids is 4. The van der Waals surface area contributed by atoms with Crippen LogP contribution in [-0.4, -0.2) is 77.3 Å². The summed E-state index contributed by atoms with van der Waals surface area (Å²) in [6.45, 7) is 5.26. The van der Waals surface area contributed by atoms with Crippen LogP contribution in [0.4, 0.5) is 5.13 Å². The van der Waals surface area contributed by atoms with Gasteiger partial charge in [-0.2, -0.15) is 0 Å². The quantitative estimate of drug-likeness (QED) is 0.0239. The van der Waals surface area contributed by atoms with Crippen molar-refractivity contribution < 1.29 is 37.7 Å². The molecule has 1 aliphatic carbocycles. The van der Waals surface area contributed by atoms with Crippen LogP contribution in [0, 0.1) is 0 Å². The molecule has 9 rings (SSSR count). The van der Waals surface area contributed by atoms with Gasteiger partial charge in [-0.25, -0.2) is 14.6 Å². The molecule has 70 heavy (non-hydrogen) atoms. The number of oxime groups is 1. The van der Waals surface area contributed by atoms with E-state index in [1.807, 2.05) is 152 Å². The summed E-state index contributed by atoms with van der Waals surface area (Å²) in [5, 5.41) is 11.9. The number of rotatable bonds is 16. The third-order valence-electron chi connectivity index (χ3n) is 12.4. The average Bonchev–Trinajstić information content (AvgIpc) is 3.83. The monoisotopic (exact) mass is 1040 g/mol. The molecule has 1 saturated carbocycles. The fraction of sp³-hybridized carbons (Fsp3) is 0.259. The van der Waals surface area contributed by atoms with Gasteiger partial charge in [0.15, 0.2) is 16.9 Å². The molecule has 1 saturated heterocycles. The van der Waals surface area contributed by atoms with Crippen LogP contribution in [0.1, 0.15) is 79.6 Å². The van der Waals surface area contributed by atoms with Gasteiger partial charge in [0.25, 0.3) is 11.8 Å². The van der Waals surface area contributed by atoms with Crippen LogP contribution in [-0.2, 0) is 49.8 Å². The Labute approximate surface area is 420 Å². The molecule has 358 valence electrons. The summed E-state index contributed by atoms with van der Waals surface area (Å²) in [6, 6.07) is 47.0. The van der Waals surface area contributed by atoms with Gasteiger partial charge in [0.1, 0.15) is 33.9 Å². The summed E-state index contributed by atoms with van der Waals surface area (Å²) in [5.41, 5.74) is 1.09. The molecule has 6 aromatic rings. The Bertz CT molecular complexity index is 2830. The summed E-state index contributed by atoms with van der Waals surface area (Å²) >= 11 is 4.67. The van der Waals surface area contributed by atoms with E-state index in [1.54, 1.807) is 26.2 Å². The normalized spacial score (nSPS) is 18.8. The van der Waals surface area contributed by atoms with Crippen LogP contribution in [0.2, 0.25) is 0 Å². The number of alkyl halides is 1. The largest absolute Gasteiger partial charge is 0.457 e. The highest BCUT2D eigenvalue weighted by molar-refractivity contribution is 9.09. The van der Waals surface area contributed by atoms with Crippen LogP contribution in [0.15, 0.2) is 173 Å². The van der Waals surface area contributed by atoms with Crippen LogP contribution in [0.3, 0.4) is 0 Å². The maximum Gasteiger partial charge on any atom is 0.356 e. The Morgan fingerprint density at radius 1 is 0.829 bits per heavy atom. The molecule has 2 amide bonds. The average molecular weight is 1040 g/mol. The van der Waals surface area contributed by atoms with Crippen molar-refractivity contribution in [1.82, 2.24) is 15.2 Å². The SMILES string of the molecule is CC(C)(C)OC(=O)C1(ON=C(C(=O)N[C@@H]2C(=O)N3C(C(=O)OC(c4ccccc4)c4ccccc4)=C(CBr)C[S@](=O)[C@H]23)c2csc(NC(c3ccccc3)(c3ccccc3)c3ccccc3)n2)CCC1.